The number of aryl methyl sites for hydroxylation is 1. The molecule has 64 heavy (non-hydrogen) atoms. The predicted octanol–water partition coefficient (Wildman–Crippen LogP) is 16.7. The van der Waals surface area contributed by atoms with Gasteiger partial charge < -0.3 is 9.13 Å². The van der Waals surface area contributed by atoms with Crippen molar-refractivity contribution in [3.05, 3.63) is 272 Å². The number of aromatic nitrogens is 2. The third-order valence-corrected chi connectivity index (χ3v) is 12.1. The SMILES string of the molecule is C=C(/C=C(\C=C(/C)c1ccccc1)c1cccc(-n2c3ccccc3c3cc(-c4ccc5c(c4)c4ccccc4n5-c4cccc(C)c4)ccc32)c1)c1ccccc1.c1ccccc1. The van der Waals surface area contributed by atoms with Crippen molar-refractivity contribution in [1.82, 2.24) is 9.13 Å². The van der Waals surface area contributed by atoms with Crippen LogP contribution in [-0.2, 0) is 0 Å². The highest BCUT2D eigenvalue weighted by molar-refractivity contribution is 6.12. The number of hydrogen-bond acceptors (Lipinski definition) is 0. The Bertz CT molecular complexity index is 3480. The van der Waals surface area contributed by atoms with E-state index in [0.29, 0.717) is 0 Å². The molecular formula is C62H48N2. The molecule has 0 saturated heterocycles. The van der Waals surface area contributed by atoms with Crippen LogP contribution in [0.1, 0.15) is 29.2 Å². The molecule has 0 atom stereocenters. The summed E-state index contributed by atoms with van der Waals surface area (Å²) in [5, 5.41) is 4.97. The number of benzene rings is 9. The molecule has 2 aromatic heterocycles. The van der Waals surface area contributed by atoms with Gasteiger partial charge in [0.15, 0.2) is 0 Å². The molecule has 0 fully saturated rings. The zero-order valence-corrected chi connectivity index (χ0v) is 36.2. The minimum atomic E-state index is 0.973. The quantitative estimate of drug-likeness (QED) is 0.135. The maximum atomic E-state index is 4.50. The summed E-state index contributed by atoms with van der Waals surface area (Å²) in [5.41, 5.74) is 17.4. The normalized spacial score (nSPS) is 11.8. The fraction of sp³-hybridized carbons (Fsp3) is 0.0323. The minimum Gasteiger partial charge on any atom is -0.309 e. The first kappa shape index (κ1) is 39.9. The fourth-order valence-electron chi connectivity index (χ4n) is 8.99. The number of nitrogens with zero attached hydrogens (tertiary/aromatic N) is 2. The summed E-state index contributed by atoms with van der Waals surface area (Å²) < 4.78 is 4.80. The van der Waals surface area contributed by atoms with Gasteiger partial charge in [0, 0.05) is 32.9 Å². The second kappa shape index (κ2) is 17.6. The summed E-state index contributed by atoms with van der Waals surface area (Å²) in [6, 6.07) is 82.1. The highest BCUT2D eigenvalue weighted by atomic mass is 15.0. The van der Waals surface area contributed by atoms with Crippen molar-refractivity contribution >= 4 is 60.3 Å². The first-order chi connectivity index (χ1) is 31.5. The van der Waals surface area contributed by atoms with Crippen LogP contribution in [0.25, 0.3) is 82.8 Å². The van der Waals surface area contributed by atoms with Gasteiger partial charge in [-0.05, 0) is 131 Å². The van der Waals surface area contributed by atoms with Gasteiger partial charge in [0.1, 0.15) is 0 Å². The lowest BCUT2D eigenvalue weighted by molar-refractivity contribution is 1.17. The average Bonchev–Trinajstić information content (AvgIpc) is 3.87. The first-order valence-electron chi connectivity index (χ1n) is 21.9. The topological polar surface area (TPSA) is 9.86 Å². The van der Waals surface area contributed by atoms with Gasteiger partial charge in [0.05, 0.1) is 22.1 Å². The third kappa shape index (κ3) is 7.90. The summed E-state index contributed by atoms with van der Waals surface area (Å²) in [4.78, 5) is 0. The van der Waals surface area contributed by atoms with Crippen molar-refractivity contribution in [2.24, 2.45) is 0 Å². The molecule has 0 radical (unpaired) electrons. The molecule has 11 rings (SSSR count). The molecule has 11 aromatic rings. The summed E-state index contributed by atoms with van der Waals surface area (Å²) in [7, 11) is 0. The van der Waals surface area contributed by atoms with E-state index < -0.39 is 0 Å². The molecule has 0 bridgehead atoms. The molecule has 0 unspecified atom stereocenters. The van der Waals surface area contributed by atoms with Gasteiger partial charge in [0.25, 0.3) is 0 Å². The monoisotopic (exact) mass is 820 g/mol. The van der Waals surface area contributed by atoms with Crippen LogP contribution in [0.5, 0.6) is 0 Å². The largest absolute Gasteiger partial charge is 0.309 e. The van der Waals surface area contributed by atoms with Crippen LogP contribution in [0.3, 0.4) is 0 Å². The van der Waals surface area contributed by atoms with Crippen LogP contribution >= 0.6 is 0 Å². The Morgan fingerprint density at radius 1 is 0.375 bits per heavy atom. The van der Waals surface area contributed by atoms with Crippen molar-refractivity contribution in [3.63, 3.8) is 0 Å². The van der Waals surface area contributed by atoms with Gasteiger partial charge >= 0.3 is 0 Å². The number of hydrogen-bond donors (Lipinski definition) is 0. The number of allylic oxidation sites excluding steroid dienone is 5. The van der Waals surface area contributed by atoms with Crippen LogP contribution in [0.4, 0.5) is 0 Å². The highest BCUT2D eigenvalue weighted by Crippen LogP contribution is 2.39. The molecule has 9 aromatic carbocycles. The standard InChI is InChI=1S/C56H42N2.C6H6/c1-38-16-14-22-47(32-38)57-53-26-12-10-24-49(53)51-36-44(28-30-55(51)57)45-29-31-56-52(37-45)50-25-11-13-27-54(50)58(56)48-23-15-21-43(35-48)46(33-39(2)41-17-6-4-7-18-41)34-40(3)42-19-8-5-9-20-42;1-2-4-6-5-3-1/h4-37H,2H2,1,3H3;1-6H/b40-34+,46-33+;. The zero-order chi connectivity index (χ0) is 43.4. The Morgan fingerprint density at radius 3 is 1.36 bits per heavy atom. The molecule has 0 aliphatic heterocycles. The number of rotatable bonds is 8. The maximum Gasteiger partial charge on any atom is 0.0541 e. The molecule has 0 amide bonds. The van der Waals surface area contributed by atoms with Crippen molar-refractivity contribution in [2.75, 3.05) is 0 Å². The molecule has 0 aliphatic carbocycles. The van der Waals surface area contributed by atoms with Gasteiger partial charge in [-0.3, -0.25) is 0 Å². The van der Waals surface area contributed by atoms with Crippen LogP contribution < -0.4 is 0 Å². The van der Waals surface area contributed by atoms with Gasteiger partial charge in [-0.1, -0.05) is 183 Å². The van der Waals surface area contributed by atoms with E-state index in [1.54, 1.807) is 0 Å². The molecule has 0 N–H and O–H groups in total. The Labute approximate surface area is 375 Å². The van der Waals surface area contributed by atoms with E-state index in [-0.39, 0.29) is 0 Å². The van der Waals surface area contributed by atoms with E-state index in [0.717, 1.165) is 28.0 Å². The Morgan fingerprint density at radius 2 is 0.812 bits per heavy atom. The van der Waals surface area contributed by atoms with Crippen LogP contribution in [0, 0.1) is 6.92 Å². The fourth-order valence-corrected chi connectivity index (χ4v) is 8.99. The van der Waals surface area contributed by atoms with Crippen LogP contribution in [0.15, 0.2) is 249 Å². The van der Waals surface area contributed by atoms with E-state index in [4.69, 9.17) is 0 Å². The smallest absolute Gasteiger partial charge is 0.0541 e. The lowest BCUT2D eigenvalue weighted by Crippen LogP contribution is -1.95. The molecule has 0 spiro atoms. The maximum absolute atomic E-state index is 4.50. The summed E-state index contributed by atoms with van der Waals surface area (Å²) in [6.45, 7) is 8.83. The van der Waals surface area contributed by atoms with Crippen LogP contribution in [-0.4, -0.2) is 9.13 Å². The van der Waals surface area contributed by atoms with Crippen molar-refractivity contribution in [3.8, 4) is 22.5 Å². The van der Waals surface area contributed by atoms with Gasteiger partial charge in [-0.15, -0.1) is 0 Å². The first-order valence-corrected chi connectivity index (χ1v) is 21.9. The lowest BCUT2D eigenvalue weighted by atomic mass is 9.96. The molecular weight excluding hydrogens is 773 g/mol. The summed E-state index contributed by atoms with van der Waals surface area (Å²) in [5.74, 6) is 0. The van der Waals surface area contributed by atoms with Crippen molar-refractivity contribution in [2.45, 2.75) is 13.8 Å². The Hall–Kier alpha value is -8.20. The van der Waals surface area contributed by atoms with Crippen molar-refractivity contribution in [1.29, 1.82) is 0 Å². The van der Waals surface area contributed by atoms with E-state index in [2.05, 4.69) is 230 Å². The van der Waals surface area contributed by atoms with Gasteiger partial charge in [-0.25, -0.2) is 0 Å². The second-order valence-corrected chi connectivity index (χ2v) is 16.4. The number of fused-ring (bicyclic) bond motifs is 6. The van der Waals surface area contributed by atoms with E-state index in [1.807, 2.05) is 42.5 Å². The minimum absolute atomic E-state index is 0.973. The Kier molecular flexibility index (Phi) is 11.0. The van der Waals surface area contributed by atoms with Gasteiger partial charge in [-0.2, -0.15) is 0 Å². The molecule has 2 nitrogen and oxygen atoms in total. The molecule has 0 saturated carbocycles. The van der Waals surface area contributed by atoms with Gasteiger partial charge in [0.2, 0.25) is 0 Å². The average molecular weight is 821 g/mol. The molecule has 2 heterocycles. The summed E-state index contributed by atoms with van der Waals surface area (Å²) >= 11 is 0. The van der Waals surface area contributed by atoms with E-state index in [9.17, 15) is 0 Å². The van der Waals surface area contributed by atoms with Crippen molar-refractivity contribution < 1.29 is 0 Å². The lowest BCUT2D eigenvalue weighted by Gasteiger charge is -2.13. The third-order valence-electron chi connectivity index (χ3n) is 12.1. The van der Waals surface area contributed by atoms with E-state index in [1.165, 1.54) is 77.1 Å². The molecule has 0 aliphatic rings. The Balaban J connectivity index is 0.000000748. The number of para-hydroxylation sites is 2. The summed E-state index contributed by atoms with van der Waals surface area (Å²) in [6.07, 6.45) is 4.50. The second-order valence-electron chi connectivity index (χ2n) is 16.4. The zero-order valence-electron chi connectivity index (χ0n) is 36.2. The van der Waals surface area contributed by atoms with E-state index >= 15 is 0 Å². The molecule has 306 valence electrons. The van der Waals surface area contributed by atoms with Crippen LogP contribution in [0.2, 0.25) is 0 Å². The molecule has 2 heteroatoms. The predicted molar refractivity (Wildman–Crippen MR) is 275 cm³/mol. The highest BCUT2D eigenvalue weighted by Gasteiger charge is 2.17.